The molecular weight excluding hydrogens is 207 g/mol. The summed E-state index contributed by atoms with van der Waals surface area (Å²) in [6.07, 6.45) is -1.16. The maximum atomic E-state index is 11.7. The number of carbonyl (C=O) groups excluding carboxylic acids is 1. The zero-order valence-corrected chi connectivity index (χ0v) is 8.19. The molecule has 0 saturated heterocycles. The van der Waals surface area contributed by atoms with Crippen LogP contribution in [0.1, 0.15) is 12.8 Å². The smallest absolute Gasteiger partial charge is 0.320 e. The standard InChI is InChI=1S/C8H15FN2O4/c9-2-1-3-15-6(7(11)12)4-5(10)8(13)14/h5-6H,1-4,10H2,(H2,11,12)(H,13,14)/i9+0. The molecule has 0 bridgehead atoms. The molecule has 0 rings (SSSR count). The van der Waals surface area contributed by atoms with E-state index >= 15 is 0 Å². The number of rotatable bonds is 8. The summed E-state index contributed by atoms with van der Waals surface area (Å²) in [6.45, 7) is -0.563. The third-order valence-corrected chi connectivity index (χ3v) is 1.70. The minimum Gasteiger partial charge on any atom is -0.480 e. The number of carboxylic acid groups (broad SMARTS) is 1. The first-order valence-corrected chi connectivity index (χ1v) is 4.44. The first-order chi connectivity index (χ1) is 6.99. The average molecular weight is 222 g/mol. The van der Waals surface area contributed by atoms with Crippen molar-refractivity contribution in [1.29, 1.82) is 0 Å². The monoisotopic (exact) mass is 222 g/mol. The first-order valence-electron chi connectivity index (χ1n) is 4.44. The summed E-state index contributed by atoms with van der Waals surface area (Å²) in [4.78, 5) is 21.2. The Kier molecular flexibility index (Phi) is 6.56. The van der Waals surface area contributed by atoms with E-state index in [4.69, 9.17) is 21.3 Å². The number of carboxylic acids is 1. The van der Waals surface area contributed by atoms with E-state index in [1.165, 1.54) is 0 Å². The van der Waals surface area contributed by atoms with Crippen LogP contribution in [0.25, 0.3) is 0 Å². The fourth-order valence-corrected chi connectivity index (χ4v) is 0.878. The summed E-state index contributed by atoms with van der Waals surface area (Å²) in [5.41, 5.74) is 10.2. The second-order valence-corrected chi connectivity index (χ2v) is 2.98. The highest BCUT2D eigenvalue weighted by Gasteiger charge is 2.23. The van der Waals surface area contributed by atoms with Crippen molar-refractivity contribution in [2.45, 2.75) is 25.0 Å². The van der Waals surface area contributed by atoms with Crippen LogP contribution in [0.3, 0.4) is 0 Å². The van der Waals surface area contributed by atoms with Gasteiger partial charge in [0.2, 0.25) is 5.91 Å². The summed E-state index contributed by atoms with van der Waals surface area (Å²) in [7, 11) is 0. The highest BCUT2D eigenvalue weighted by Crippen LogP contribution is 2.02. The van der Waals surface area contributed by atoms with Gasteiger partial charge in [0.05, 0.1) is 13.3 Å². The number of hydrogen-bond acceptors (Lipinski definition) is 4. The van der Waals surface area contributed by atoms with Crippen molar-refractivity contribution < 1.29 is 23.8 Å². The van der Waals surface area contributed by atoms with Gasteiger partial charge in [-0.1, -0.05) is 0 Å². The number of amides is 1. The van der Waals surface area contributed by atoms with Gasteiger partial charge in [-0.2, -0.15) is 0 Å². The molecule has 0 radical (unpaired) electrons. The number of carbonyl (C=O) groups is 2. The van der Waals surface area contributed by atoms with Gasteiger partial charge in [-0.05, 0) is 6.42 Å². The van der Waals surface area contributed by atoms with Crippen molar-refractivity contribution in [2.75, 3.05) is 13.3 Å². The van der Waals surface area contributed by atoms with Gasteiger partial charge in [0.1, 0.15) is 12.1 Å². The molecule has 0 fully saturated rings. The van der Waals surface area contributed by atoms with Gasteiger partial charge in [-0.3, -0.25) is 14.0 Å². The molecule has 0 spiro atoms. The van der Waals surface area contributed by atoms with E-state index in [1.54, 1.807) is 0 Å². The second kappa shape index (κ2) is 7.13. The Morgan fingerprint density at radius 1 is 1.47 bits per heavy atom. The van der Waals surface area contributed by atoms with Crippen molar-refractivity contribution in [1.82, 2.24) is 0 Å². The largest absolute Gasteiger partial charge is 0.480 e. The predicted molar refractivity (Wildman–Crippen MR) is 49.8 cm³/mol. The lowest BCUT2D eigenvalue weighted by molar-refractivity contribution is -0.140. The Bertz CT molecular complexity index is 225. The minimum atomic E-state index is -1.24. The fraction of sp³-hybridized carbons (Fsp3) is 0.750. The van der Waals surface area contributed by atoms with Crippen LogP contribution in [0.5, 0.6) is 0 Å². The maximum Gasteiger partial charge on any atom is 0.320 e. The van der Waals surface area contributed by atoms with Gasteiger partial charge < -0.3 is 21.3 Å². The second-order valence-electron chi connectivity index (χ2n) is 2.98. The van der Waals surface area contributed by atoms with E-state index in [0.717, 1.165) is 0 Å². The molecule has 2 atom stereocenters. The van der Waals surface area contributed by atoms with Crippen molar-refractivity contribution in [3.8, 4) is 0 Å². The molecule has 0 saturated carbocycles. The topological polar surface area (TPSA) is 116 Å². The van der Waals surface area contributed by atoms with Crippen LogP contribution in [-0.2, 0) is 14.3 Å². The molecule has 0 aromatic heterocycles. The minimum absolute atomic E-state index is 0.0104. The summed E-state index contributed by atoms with van der Waals surface area (Å²) >= 11 is 0. The molecule has 15 heavy (non-hydrogen) atoms. The molecule has 0 aromatic rings. The highest BCUT2D eigenvalue weighted by molar-refractivity contribution is 5.80. The number of primary amides is 1. The Morgan fingerprint density at radius 2 is 2.07 bits per heavy atom. The molecule has 0 heterocycles. The van der Waals surface area contributed by atoms with Gasteiger partial charge in [0.15, 0.2) is 0 Å². The first kappa shape index (κ1) is 13.8. The molecule has 7 heteroatoms. The molecule has 2 unspecified atom stereocenters. The predicted octanol–water partition coefficient (Wildman–Crippen LogP) is -0.982. The van der Waals surface area contributed by atoms with E-state index in [9.17, 15) is 14.0 Å². The molecule has 0 aliphatic carbocycles. The lowest BCUT2D eigenvalue weighted by atomic mass is 10.1. The quantitative estimate of drug-likeness (QED) is 0.456. The molecule has 1 amide bonds. The van der Waals surface area contributed by atoms with E-state index < -0.39 is 30.7 Å². The van der Waals surface area contributed by atoms with Crippen LogP contribution in [0.2, 0.25) is 0 Å². The zero-order valence-electron chi connectivity index (χ0n) is 8.19. The number of alkyl halides is 1. The summed E-state index contributed by atoms with van der Waals surface area (Å²) in [5, 5.41) is 8.49. The number of nitrogens with two attached hydrogens (primary N) is 2. The molecule has 88 valence electrons. The SMILES string of the molecule is NC(=O)C(CC(N)C(=O)O)OCCC[19F]. The van der Waals surface area contributed by atoms with Crippen LogP contribution in [0, 0.1) is 0 Å². The normalized spacial score (nSPS) is 14.5. The number of halogens is 1. The van der Waals surface area contributed by atoms with Gasteiger partial charge >= 0.3 is 5.97 Å². The molecule has 5 N–H and O–H groups in total. The molecule has 0 aromatic carbocycles. The molecular formula is C8H15FN2O4. The van der Waals surface area contributed by atoms with E-state index in [0.29, 0.717) is 0 Å². The van der Waals surface area contributed by atoms with E-state index in [2.05, 4.69) is 0 Å². The molecule has 0 aliphatic heterocycles. The Balaban J connectivity index is 4.04. The Hall–Kier alpha value is -1.21. The van der Waals surface area contributed by atoms with Crippen molar-refractivity contribution in [3.05, 3.63) is 0 Å². The van der Waals surface area contributed by atoms with Crippen LogP contribution in [0.15, 0.2) is 0 Å². The van der Waals surface area contributed by atoms with E-state index in [-0.39, 0.29) is 19.4 Å². The van der Waals surface area contributed by atoms with Crippen LogP contribution in [-0.4, -0.2) is 42.4 Å². The van der Waals surface area contributed by atoms with Gasteiger partial charge in [0.25, 0.3) is 0 Å². The van der Waals surface area contributed by atoms with E-state index in [1.807, 2.05) is 0 Å². The van der Waals surface area contributed by atoms with Crippen molar-refractivity contribution >= 4 is 11.9 Å². The zero-order chi connectivity index (χ0) is 11.8. The molecule has 6 nitrogen and oxygen atoms in total. The fourth-order valence-electron chi connectivity index (χ4n) is 0.878. The third-order valence-electron chi connectivity index (χ3n) is 1.70. The summed E-state index contributed by atoms with van der Waals surface area (Å²) in [5.74, 6) is -2.04. The number of ether oxygens (including phenoxy) is 1. The van der Waals surface area contributed by atoms with Gasteiger partial charge in [-0.15, -0.1) is 0 Å². The summed E-state index contributed by atoms with van der Waals surface area (Å²) in [6, 6.07) is -1.21. The van der Waals surface area contributed by atoms with Crippen LogP contribution >= 0.6 is 0 Å². The lowest BCUT2D eigenvalue weighted by Crippen LogP contribution is -2.40. The van der Waals surface area contributed by atoms with Crippen molar-refractivity contribution in [3.63, 3.8) is 0 Å². The number of hydrogen-bond donors (Lipinski definition) is 3. The number of aliphatic carboxylic acids is 1. The van der Waals surface area contributed by atoms with Gasteiger partial charge in [0, 0.05) is 6.42 Å². The lowest BCUT2D eigenvalue weighted by Gasteiger charge is -2.16. The third kappa shape index (κ3) is 5.97. The van der Waals surface area contributed by atoms with Gasteiger partial charge in [-0.25, -0.2) is 0 Å². The average Bonchev–Trinajstić information content (AvgIpc) is 2.15. The maximum absolute atomic E-state index is 11.7. The summed E-state index contributed by atoms with van der Waals surface area (Å²) < 4.78 is 16.6. The Labute approximate surface area is 86.4 Å². The van der Waals surface area contributed by atoms with Crippen LogP contribution in [0.4, 0.5) is 4.39 Å². The molecule has 0 aliphatic rings. The van der Waals surface area contributed by atoms with Crippen LogP contribution < -0.4 is 11.5 Å². The highest BCUT2D eigenvalue weighted by atomic mass is 19.1. The van der Waals surface area contributed by atoms with Crippen molar-refractivity contribution in [2.24, 2.45) is 11.5 Å². The Morgan fingerprint density at radius 3 is 2.47 bits per heavy atom.